The lowest BCUT2D eigenvalue weighted by molar-refractivity contribution is -0.119. The average molecular weight is 339 g/mol. The summed E-state index contributed by atoms with van der Waals surface area (Å²) in [5.41, 5.74) is 2.72. The van der Waals surface area contributed by atoms with E-state index in [1.54, 1.807) is 9.36 Å². The van der Waals surface area contributed by atoms with Crippen molar-refractivity contribution < 1.29 is 9.53 Å². The molecule has 3 aromatic rings. The van der Waals surface area contributed by atoms with Gasteiger partial charge in [0.15, 0.2) is 0 Å². The molecule has 0 saturated carbocycles. The second kappa shape index (κ2) is 5.91. The van der Waals surface area contributed by atoms with Crippen LogP contribution >= 0.6 is 0 Å². The van der Waals surface area contributed by atoms with E-state index in [-0.39, 0.29) is 17.9 Å². The van der Waals surface area contributed by atoms with Crippen molar-refractivity contribution in [3.63, 3.8) is 0 Å². The molecule has 3 heterocycles. The number of nitrogens with zero attached hydrogens (tertiary/aromatic N) is 4. The van der Waals surface area contributed by atoms with Gasteiger partial charge in [-0.1, -0.05) is 0 Å². The van der Waals surface area contributed by atoms with Crippen LogP contribution in [0.25, 0.3) is 22.2 Å². The topological polar surface area (TPSA) is 74.0 Å². The number of aryl methyl sites for hydroxylation is 2. The lowest BCUT2D eigenvalue weighted by Gasteiger charge is -2.20. The summed E-state index contributed by atoms with van der Waals surface area (Å²) < 4.78 is 9.82. The van der Waals surface area contributed by atoms with Crippen LogP contribution in [0.2, 0.25) is 0 Å². The number of amides is 1. The second-order valence-electron chi connectivity index (χ2n) is 6.68. The van der Waals surface area contributed by atoms with Gasteiger partial charge >= 0.3 is 0 Å². The van der Waals surface area contributed by atoms with Gasteiger partial charge in [0.2, 0.25) is 5.91 Å². The Labute approximate surface area is 145 Å². The quantitative estimate of drug-likeness (QED) is 0.787. The fourth-order valence-corrected chi connectivity index (χ4v) is 3.28. The average Bonchev–Trinajstić information content (AvgIpc) is 3.26. The number of benzene rings is 1. The van der Waals surface area contributed by atoms with E-state index in [9.17, 15) is 4.79 Å². The zero-order valence-corrected chi connectivity index (χ0v) is 14.6. The predicted octanol–water partition coefficient (Wildman–Crippen LogP) is 1.88. The minimum Gasteiger partial charge on any atom is -0.490 e. The standard InChI is InChI=1S/C18H21N5O2/c1-11(13-8-18(24)19-9-13)25-17-7-12(15-4-5-22(2)20-15)6-16-14(17)10-23(3)21-16/h4-7,10-11,13H,8-9H2,1-3H3,(H,19,24)/t11?,13-/m1/s1. The molecule has 0 bridgehead atoms. The number of hydrogen-bond acceptors (Lipinski definition) is 4. The van der Waals surface area contributed by atoms with Crippen LogP contribution in [-0.2, 0) is 18.9 Å². The Balaban J connectivity index is 1.72. The number of fused-ring (bicyclic) bond motifs is 1. The third-order valence-corrected chi connectivity index (χ3v) is 4.70. The van der Waals surface area contributed by atoms with Crippen molar-refractivity contribution in [3.05, 3.63) is 30.6 Å². The molecular formula is C18H21N5O2. The Bertz CT molecular complexity index is 942. The lowest BCUT2D eigenvalue weighted by atomic mass is 10.0. The molecule has 0 spiro atoms. The molecule has 1 aliphatic heterocycles. The summed E-state index contributed by atoms with van der Waals surface area (Å²) in [4.78, 5) is 11.5. The third kappa shape index (κ3) is 2.97. The maximum absolute atomic E-state index is 11.5. The van der Waals surface area contributed by atoms with E-state index in [1.165, 1.54) is 0 Å². The highest BCUT2D eigenvalue weighted by Crippen LogP contribution is 2.33. The van der Waals surface area contributed by atoms with Crippen LogP contribution in [0.1, 0.15) is 13.3 Å². The lowest BCUT2D eigenvalue weighted by Crippen LogP contribution is -2.25. The van der Waals surface area contributed by atoms with E-state index in [0.717, 1.165) is 27.9 Å². The monoisotopic (exact) mass is 339 g/mol. The second-order valence-corrected chi connectivity index (χ2v) is 6.68. The number of nitrogens with one attached hydrogen (secondary N) is 1. The van der Waals surface area contributed by atoms with Crippen LogP contribution in [-0.4, -0.2) is 38.1 Å². The van der Waals surface area contributed by atoms with Crippen LogP contribution in [0.15, 0.2) is 30.6 Å². The van der Waals surface area contributed by atoms with E-state index >= 15 is 0 Å². The number of hydrogen-bond donors (Lipinski definition) is 1. The van der Waals surface area contributed by atoms with Gasteiger partial charge in [0.05, 0.1) is 16.6 Å². The highest BCUT2D eigenvalue weighted by Gasteiger charge is 2.28. The van der Waals surface area contributed by atoms with E-state index in [2.05, 4.69) is 15.5 Å². The zero-order valence-electron chi connectivity index (χ0n) is 14.6. The Morgan fingerprint density at radius 1 is 1.28 bits per heavy atom. The first-order chi connectivity index (χ1) is 12.0. The molecule has 1 unspecified atom stereocenters. The molecular weight excluding hydrogens is 318 g/mol. The van der Waals surface area contributed by atoms with Crippen LogP contribution in [0.5, 0.6) is 5.75 Å². The summed E-state index contributed by atoms with van der Waals surface area (Å²) in [6.45, 7) is 2.68. The highest BCUT2D eigenvalue weighted by atomic mass is 16.5. The molecule has 2 aromatic heterocycles. The van der Waals surface area contributed by atoms with Crippen LogP contribution < -0.4 is 10.1 Å². The summed E-state index contributed by atoms with van der Waals surface area (Å²) in [6, 6.07) is 6.00. The first kappa shape index (κ1) is 15.7. The van der Waals surface area contributed by atoms with Gasteiger partial charge < -0.3 is 10.1 Å². The van der Waals surface area contributed by atoms with Crippen molar-refractivity contribution in [1.29, 1.82) is 0 Å². The predicted molar refractivity (Wildman–Crippen MR) is 94.1 cm³/mol. The molecule has 1 aromatic carbocycles. The molecule has 1 saturated heterocycles. The van der Waals surface area contributed by atoms with E-state index in [1.807, 2.05) is 51.6 Å². The number of aromatic nitrogens is 4. The number of carbonyl (C=O) groups excluding carboxylic acids is 1. The third-order valence-electron chi connectivity index (χ3n) is 4.70. The largest absolute Gasteiger partial charge is 0.490 e. The Kier molecular flexibility index (Phi) is 3.71. The molecule has 2 atom stereocenters. The van der Waals surface area contributed by atoms with Crippen molar-refractivity contribution >= 4 is 16.8 Å². The van der Waals surface area contributed by atoms with Gasteiger partial charge in [0.1, 0.15) is 11.9 Å². The molecule has 7 heteroatoms. The summed E-state index contributed by atoms with van der Waals surface area (Å²) in [7, 11) is 3.79. The van der Waals surface area contributed by atoms with E-state index < -0.39 is 0 Å². The Morgan fingerprint density at radius 2 is 2.12 bits per heavy atom. The molecule has 1 fully saturated rings. The Morgan fingerprint density at radius 3 is 2.80 bits per heavy atom. The van der Waals surface area contributed by atoms with E-state index in [0.29, 0.717) is 13.0 Å². The fourth-order valence-electron chi connectivity index (χ4n) is 3.28. The first-order valence-corrected chi connectivity index (χ1v) is 8.40. The fraction of sp³-hybridized carbons (Fsp3) is 0.389. The Hall–Kier alpha value is -2.83. The van der Waals surface area contributed by atoms with E-state index in [4.69, 9.17) is 4.74 Å². The zero-order chi connectivity index (χ0) is 17.6. The normalized spacial score (nSPS) is 18.5. The van der Waals surface area contributed by atoms with Crippen molar-refractivity contribution in [2.45, 2.75) is 19.4 Å². The molecule has 130 valence electrons. The number of rotatable bonds is 4. The summed E-state index contributed by atoms with van der Waals surface area (Å²) in [6.07, 6.45) is 4.31. The van der Waals surface area contributed by atoms with Crippen LogP contribution in [0.4, 0.5) is 0 Å². The van der Waals surface area contributed by atoms with Crippen molar-refractivity contribution in [2.75, 3.05) is 6.54 Å². The number of carbonyl (C=O) groups is 1. The van der Waals surface area contributed by atoms with Gasteiger partial charge in [-0.05, 0) is 25.1 Å². The minimum absolute atomic E-state index is 0.0682. The molecule has 7 nitrogen and oxygen atoms in total. The van der Waals surface area contributed by atoms with Gasteiger partial charge in [0, 0.05) is 50.9 Å². The molecule has 1 amide bonds. The molecule has 0 radical (unpaired) electrons. The number of ether oxygens (including phenoxy) is 1. The summed E-state index contributed by atoms with van der Waals surface area (Å²) >= 11 is 0. The molecule has 1 aliphatic rings. The SMILES string of the molecule is CC(Oc1cc(-c2ccn(C)n2)cc2nn(C)cc12)[C@H]1CNC(=O)C1. The van der Waals surface area contributed by atoms with Gasteiger partial charge in [-0.3, -0.25) is 14.2 Å². The van der Waals surface area contributed by atoms with Crippen LogP contribution in [0.3, 0.4) is 0 Å². The molecule has 25 heavy (non-hydrogen) atoms. The smallest absolute Gasteiger partial charge is 0.220 e. The van der Waals surface area contributed by atoms with Gasteiger partial charge in [-0.15, -0.1) is 0 Å². The molecule has 0 aliphatic carbocycles. The minimum atomic E-state index is -0.0682. The first-order valence-electron chi connectivity index (χ1n) is 8.40. The maximum atomic E-state index is 11.5. The summed E-state index contributed by atoms with van der Waals surface area (Å²) in [5.74, 6) is 1.05. The van der Waals surface area contributed by atoms with Crippen molar-refractivity contribution in [2.24, 2.45) is 20.0 Å². The molecule has 1 N–H and O–H groups in total. The summed E-state index contributed by atoms with van der Waals surface area (Å²) in [5, 5.41) is 12.8. The van der Waals surface area contributed by atoms with Crippen molar-refractivity contribution in [3.8, 4) is 17.0 Å². The van der Waals surface area contributed by atoms with Gasteiger partial charge in [-0.25, -0.2) is 0 Å². The maximum Gasteiger partial charge on any atom is 0.220 e. The van der Waals surface area contributed by atoms with Crippen LogP contribution in [0, 0.1) is 5.92 Å². The van der Waals surface area contributed by atoms with Gasteiger partial charge in [-0.2, -0.15) is 10.2 Å². The molecule has 4 rings (SSSR count). The highest BCUT2D eigenvalue weighted by molar-refractivity contribution is 5.89. The van der Waals surface area contributed by atoms with Crippen molar-refractivity contribution in [1.82, 2.24) is 24.9 Å². The van der Waals surface area contributed by atoms with Gasteiger partial charge in [0.25, 0.3) is 0 Å².